The topological polar surface area (TPSA) is 52.3 Å². The highest BCUT2D eigenvalue weighted by Gasteiger charge is 2.08. The number of carbonyl (C=O) groups is 1. The number of hydrogen-bond acceptors (Lipinski definition) is 3. The summed E-state index contributed by atoms with van der Waals surface area (Å²) in [7, 11) is 0. The Balaban J connectivity index is 2.48. The summed E-state index contributed by atoms with van der Waals surface area (Å²) in [5.74, 6) is 0.160. The summed E-state index contributed by atoms with van der Waals surface area (Å²) in [4.78, 5) is 11.2. The molecule has 0 spiro atoms. The Morgan fingerprint density at radius 2 is 2.00 bits per heavy atom. The Kier molecular flexibility index (Phi) is 2.77. The number of ether oxygens (including phenoxy) is 1. The van der Waals surface area contributed by atoms with Crippen molar-refractivity contribution >= 4 is 22.4 Å². The lowest BCUT2D eigenvalue weighted by Crippen LogP contribution is -2.07. The molecule has 0 atom stereocenters. The van der Waals surface area contributed by atoms with Crippen molar-refractivity contribution in [2.45, 2.75) is 13.3 Å². The number of esters is 1. The third-order valence-electron chi connectivity index (χ3n) is 2.44. The van der Waals surface area contributed by atoms with E-state index < -0.39 is 0 Å². The third-order valence-corrected chi connectivity index (χ3v) is 2.44. The summed E-state index contributed by atoms with van der Waals surface area (Å²) < 4.78 is 5.14. The first-order valence-electron chi connectivity index (χ1n) is 5.20. The summed E-state index contributed by atoms with van der Waals surface area (Å²) in [5, 5.41) is 1.94. The van der Waals surface area contributed by atoms with Gasteiger partial charge in [-0.2, -0.15) is 0 Å². The van der Waals surface area contributed by atoms with E-state index >= 15 is 0 Å². The van der Waals surface area contributed by atoms with Crippen molar-refractivity contribution in [1.29, 1.82) is 0 Å². The van der Waals surface area contributed by atoms with Crippen LogP contribution in [0.5, 0.6) is 5.75 Å². The van der Waals surface area contributed by atoms with Gasteiger partial charge >= 0.3 is 5.97 Å². The van der Waals surface area contributed by atoms with Crippen molar-refractivity contribution in [1.82, 2.24) is 0 Å². The number of benzene rings is 2. The van der Waals surface area contributed by atoms with Gasteiger partial charge in [0.2, 0.25) is 0 Å². The molecule has 0 saturated heterocycles. The minimum absolute atomic E-state index is 0.276. The molecule has 82 valence electrons. The zero-order valence-electron chi connectivity index (χ0n) is 9.07. The summed E-state index contributed by atoms with van der Waals surface area (Å²) in [6.45, 7) is 1.75. The van der Waals surface area contributed by atoms with E-state index in [1.165, 1.54) is 0 Å². The number of carbonyl (C=O) groups excluding carboxylic acids is 1. The average molecular weight is 215 g/mol. The maximum absolute atomic E-state index is 11.2. The second kappa shape index (κ2) is 4.23. The van der Waals surface area contributed by atoms with Crippen LogP contribution in [-0.4, -0.2) is 5.97 Å². The first-order chi connectivity index (χ1) is 7.72. The number of nitrogen functional groups attached to an aromatic ring is 1. The van der Waals surface area contributed by atoms with Crippen LogP contribution in [0.15, 0.2) is 36.4 Å². The second-order valence-corrected chi connectivity index (χ2v) is 3.53. The number of fused-ring (bicyclic) bond motifs is 1. The molecule has 0 amide bonds. The van der Waals surface area contributed by atoms with Gasteiger partial charge in [-0.1, -0.05) is 37.3 Å². The highest BCUT2D eigenvalue weighted by molar-refractivity contribution is 5.96. The quantitative estimate of drug-likeness (QED) is 0.476. The third kappa shape index (κ3) is 1.84. The maximum Gasteiger partial charge on any atom is 0.310 e. The lowest BCUT2D eigenvalue weighted by atomic mass is 10.1. The summed E-state index contributed by atoms with van der Waals surface area (Å²) >= 11 is 0. The van der Waals surface area contributed by atoms with E-state index in [1.807, 2.05) is 30.3 Å². The number of nitrogens with two attached hydrogens (primary N) is 1. The molecule has 0 bridgehead atoms. The Bertz CT molecular complexity index is 534. The predicted molar refractivity (Wildman–Crippen MR) is 64.3 cm³/mol. The van der Waals surface area contributed by atoms with Crippen molar-refractivity contribution in [3.8, 4) is 5.75 Å². The SMILES string of the molecule is CCC(=O)Oc1ccc2ccccc2c1N. The Hall–Kier alpha value is -2.03. The molecule has 0 unspecified atom stereocenters. The first kappa shape index (κ1) is 10.5. The van der Waals surface area contributed by atoms with Gasteiger partial charge in [0.05, 0.1) is 5.69 Å². The molecule has 0 aliphatic heterocycles. The summed E-state index contributed by atoms with van der Waals surface area (Å²) in [5.41, 5.74) is 6.46. The van der Waals surface area contributed by atoms with Crippen LogP contribution in [-0.2, 0) is 4.79 Å². The zero-order chi connectivity index (χ0) is 11.5. The Morgan fingerprint density at radius 1 is 1.25 bits per heavy atom. The fourth-order valence-electron chi connectivity index (χ4n) is 1.56. The van der Waals surface area contributed by atoms with Gasteiger partial charge in [0.25, 0.3) is 0 Å². The molecule has 0 aliphatic carbocycles. The normalized spacial score (nSPS) is 10.3. The zero-order valence-corrected chi connectivity index (χ0v) is 9.07. The number of hydrogen-bond donors (Lipinski definition) is 1. The van der Waals surface area contributed by atoms with Crippen LogP contribution < -0.4 is 10.5 Å². The van der Waals surface area contributed by atoms with Crippen molar-refractivity contribution < 1.29 is 9.53 Å². The van der Waals surface area contributed by atoms with Gasteiger partial charge in [-0.3, -0.25) is 4.79 Å². The fraction of sp³-hybridized carbons (Fsp3) is 0.154. The van der Waals surface area contributed by atoms with Crippen LogP contribution >= 0.6 is 0 Å². The van der Waals surface area contributed by atoms with Gasteiger partial charge in [0, 0.05) is 11.8 Å². The highest BCUT2D eigenvalue weighted by atomic mass is 16.5. The Labute approximate surface area is 93.8 Å². The van der Waals surface area contributed by atoms with Gasteiger partial charge in [0.15, 0.2) is 5.75 Å². The van der Waals surface area contributed by atoms with Crippen molar-refractivity contribution in [3.05, 3.63) is 36.4 Å². The van der Waals surface area contributed by atoms with Crippen LogP contribution in [0.1, 0.15) is 13.3 Å². The summed E-state index contributed by atoms with van der Waals surface area (Å²) in [6.07, 6.45) is 0.340. The van der Waals surface area contributed by atoms with E-state index in [4.69, 9.17) is 10.5 Å². The van der Waals surface area contributed by atoms with Crippen LogP contribution in [0.4, 0.5) is 5.69 Å². The van der Waals surface area contributed by atoms with E-state index in [-0.39, 0.29) is 5.97 Å². The lowest BCUT2D eigenvalue weighted by molar-refractivity contribution is -0.133. The molecule has 3 heteroatoms. The predicted octanol–water partition coefficient (Wildman–Crippen LogP) is 2.74. The fourth-order valence-corrected chi connectivity index (χ4v) is 1.56. The van der Waals surface area contributed by atoms with Crippen molar-refractivity contribution in [2.24, 2.45) is 0 Å². The van der Waals surface area contributed by atoms with Crippen molar-refractivity contribution in [3.63, 3.8) is 0 Å². The smallest absolute Gasteiger partial charge is 0.310 e. The minimum Gasteiger partial charge on any atom is -0.424 e. The van der Waals surface area contributed by atoms with Gasteiger partial charge in [-0.25, -0.2) is 0 Å². The minimum atomic E-state index is -0.276. The molecule has 0 fully saturated rings. The molecule has 0 aromatic heterocycles. The van der Waals surface area contributed by atoms with Crippen LogP contribution in [0.2, 0.25) is 0 Å². The van der Waals surface area contributed by atoms with E-state index in [1.54, 1.807) is 13.0 Å². The molecule has 3 nitrogen and oxygen atoms in total. The first-order valence-corrected chi connectivity index (χ1v) is 5.20. The maximum atomic E-state index is 11.2. The summed E-state index contributed by atoms with van der Waals surface area (Å²) in [6, 6.07) is 11.4. The molecular weight excluding hydrogens is 202 g/mol. The van der Waals surface area contributed by atoms with E-state index in [9.17, 15) is 4.79 Å². The molecule has 2 rings (SSSR count). The molecule has 0 heterocycles. The highest BCUT2D eigenvalue weighted by Crippen LogP contribution is 2.30. The van der Waals surface area contributed by atoms with Crippen LogP contribution in [0.25, 0.3) is 10.8 Å². The molecule has 0 radical (unpaired) electrons. The van der Waals surface area contributed by atoms with Gasteiger partial charge in [-0.15, -0.1) is 0 Å². The van der Waals surface area contributed by atoms with E-state index in [0.29, 0.717) is 17.9 Å². The van der Waals surface area contributed by atoms with Gasteiger partial charge in [0.1, 0.15) is 0 Å². The lowest BCUT2D eigenvalue weighted by Gasteiger charge is -2.08. The van der Waals surface area contributed by atoms with E-state index in [2.05, 4.69) is 0 Å². The van der Waals surface area contributed by atoms with Crippen LogP contribution in [0, 0.1) is 0 Å². The monoisotopic (exact) mass is 215 g/mol. The molecule has 2 aromatic carbocycles. The van der Waals surface area contributed by atoms with Crippen LogP contribution in [0.3, 0.4) is 0 Å². The van der Waals surface area contributed by atoms with Crippen molar-refractivity contribution in [2.75, 3.05) is 5.73 Å². The Morgan fingerprint density at radius 3 is 2.75 bits per heavy atom. The largest absolute Gasteiger partial charge is 0.424 e. The van der Waals surface area contributed by atoms with Gasteiger partial charge < -0.3 is 10.5 Å². The molecule has 2 aromatic rings. The molecular formula is C13H13NO2. The van der Waals surface area contributed by atoms with Gasteiger partial charge in [-0.05, 0) is 11.5 Å². The second-order valence-electron chi connectivity index (χ2n) is 3.53. The molecule has 0 aliphatic rings. The average Bonchev–Trinajstić information content (AvgIpc) is 2.33. The van der Waals surface area contributed by atoms with E-state index in [0.717, 1.165) is 10.8 Å². The number of rotatable bonds is 2. The molecule has 16 heavy (non-hydrogen) atoms. The standard InChI is InChI=1S/C13H13NO2/c1-2-12(15)16-11-8-7-9-5-3-4-6-10(9)13(11)14/h3-8H,2,14H2,1H3. The molecule has 2 N–H and O–H groups in total. The number of anilines is 1. The molecule has 0 saturated carbocycles.